The number of aromatic nitrogens is 1. The molecule has 2 heterocycles. The number of halogens is 1. The molecule has 2 fully saturated rings. The molecule has 1 saturated carbocycles. The van der Waals surface area contributed by atoms with Crippen molar-refractivity contribution in [3.63, 3.8) is 0 Å². The van der Waals surface area contributed by atoms with Crippen LogP contribution < -0.4 is 4.90 Å². The van der Waals surface area contributed by atoms with Crippen molar-refractivity contribution in [3.05, 3.63) is 60.0 Å². The normalized spacial score (nSPS) is 30.0. The van der Waals surface area contributed by atoms with Crippen LogP contribution in [0.15, 0.2) is 48.7 Å². The maximum atomic E-state index is 13.2. The first-order valence-corrected chi connectivity index (χ1v) is 8.84. The summed E-state index contributed by atoms with van der Waals surface area (Å²) in [5.74, 6) is 0.703. The van der Waals surface area contributed by atoms with Crippen LogP contribution >= 0.6 is 0 Å². The molecule has 2 aromatic rings. The van der Waals surface area contributed by atoms with Gasteiger partial charge in [0, 0.05) is 18.5 Å². The quantitative estimate of drug-likeness (QED) is 0.910. The van der Waals surface area contributed by atoms with Crippen LogP contribution in [0.4, 0.5) is 10.2 Å². The maximum absolute atomic E-state index is 13.2. The Morgan fingerprint density at radius 2 is 1.88 bits per heavy atom. The number of nitrogens with zero attached hydrogens (tertiary/aromatic N) is 2. The average Bonchev–Trinajstić information content (AvgIpc) is 2.64. The molecule has 1 N–H and O–H groups in total. The molecule has 24 heavy (non-hydrogen) atoms. The summed E-state index contributed by atoms with van der Waals surface area (Å²) < 4.78 is 13.2. The third kappa shape index (κ3) is 2.59. The Morgan fingerprint density at radius 3 is 2.62 bits per heavy atom. The lowest BCUT2D eigenvalue weighted by Crippen LogP contribution is -2.57. The second kappa shape index (κ2) is 6.17. The van der Waals surface area contributed by atoms with Gasteiger partial charge in [0.15, 0.2) is 0 Å². The van der Waals surface area contributed by atoms with Gasteiger partial charge < -0.3 is 10.0 Å². The number of fused-ring (bicyclic) bond motifs is 1. The molecule has 3 atom stereocenters. The van der Waals surface area contributed by atoms with E-state index in [4.69, 9.17) is 0 Å². The number of rotatable bonds is 2. The second-order valence-electron chi connectivity index (χ2n) is 7.03. The highest BCUT2D eigenvalue weighted by Gasteiger charge is 2.49. The van der Waals surface area contributed by atoms with E-state index in [1.807, 2.05) is 30.3 Å². The Labute approximate surface area is 142 Å². The molecule has 1 saturated heterocycles. The van der Waals surface area contributed by atoms with Crippen LogP contribution in [0.3, 0.4) is 0 Å². The van der Waals surface area contributed by atoms with Gasteiger partial charge in [-0.1, -0.05) is 43.2 Å². The molecule has 4 heteroatoms. The fraction of sp³-hybridized carbons (Fsp3) is 0.450. The molecular weight excluding hydrogens is 303 g/mol. The zero-order valence-electron chi connectivity index (χ0n) is 13.7. The van der Waals surface area contributed by atoms with Crippen LogP contribution in [0.5, 0.6) is 0 Å². The minimum Gasteiger partial charge on any atom is -0.385 e. The molecule has 0 amide bonds. The van der Waals surface area contributed by atoms with Crippen LogP contribution in [0.25, 0.3) is 0 Å². The summed E-state index contributed by atoms with van der Waals surface area (Å²) in [6.07, 6.45) is 6.36. The topological polar surface area (TPSA) is 36.4 Å². The van der Waals surface area contributed by atoms with Gasteiger partial charge >= 0.3 is 0 Å². The lowest BCUT2D eigenvalue weighted by atomic mass is 9.66. The zero-order valence-corrected chi connectivity index (χ0v) is 13.7. The minimum atomic E-state index is -0.775. The van der Waals surface area contributed by atoms with Crippen molar-refractivity contribution in [1.82, 2.24) is 4.98 Å². The SMILES string of the molecule is O[C@@]1(c2ccccc2)CCN(c2ccc(F)cn2)C2CCCC[C@H]21. The maximum Gasteiger partial charge on any atom is 0.141 e. The summed E-state index contributed by atoms with van der Waals surface area (Å²) >= 11 is 0. The van der Waals surface area contributed by atoms with Crippen molar-refractivity contribution in [2.24, 2.45) is 5.92 Å². The molecule has 126 valence electrons. The molecule has 2 aliphatic rings. The Bertz CT molecular complexity index is 691. The molecule has 1 aliphatic heterocycles. The molecule has 1 aliphatic carbocycles. The van der Waals surface area contributed by atoms with Crippen LogP contribution in [0.1, 0.15) is 37.7 Å². The Balaban J connectivity index is 1.68. The molecule has 1 unspecified atom stereocenters. The molecule has 0 bridgehead atoms. The molecule has 3 nitrogen and oxygen atoms in total. The van der Waals surface area contributed by atoms with E-state index in [1.165, 1.54) is 18.7 Å². The van der Waals surface area contributed by atoms with Crippen LogP contribution in [-0.4, -0.2) is 22.7 Å². The highest BCUT2D eigenvalue weighted by Crippen LogP contribution is 2.47. The molecule has 0 radical (unpaired) electrons. The fourth-order valence-corrected chi connectivity index (χ4v) is 4.59. The summed E-state index contributed by atoms with van der Waals surface area (Å²) in [5, 5.41) is 11.5. The standard InChI is InChI=1S/C20H23FN2O/c21-16-10-11-19(22-14-16)23-13-12-20(24,15-6-2-1-3-7-15)17-8-4-5-9-18(17)23/h1-3,6-7,10-11,14,17-18,24H,4-5,8-9,12-13H2/t17-,18?,20-/m1/s1. The van der Waals surface area contributed by atoms with Gasteiger partial charge in [-0.3, -0.25) is 0 Å². The fourth-order valence-electron chi connectivity index (χ4n) is 4.59. The number of anilines is 1. The van der Waals surface area contributed by atoms with E-state index >= 15 is 0 Å². The van der Waals surface area contributed by atoms with Crippen LogP contribution in [-0.2, 0) is 5.60 Å². The summed E-state index contributed by atoms with van der Waals surface area (Å²) in [5.41, 5.74) is 0.247. The summed E-state index contributed by atoms with van der Waals surface area (Å²) in [4.78, 5) is 6.56. The van der Waals surface area contributed by atoms with E-state index in [0.29, 0.717) is 6.42 Å². The van der Waals surface area contributed by atoms with Crippen molar-refractivity contribution in [2.75, 3.05) is 11.4 Å². The summed E-state index contributed by atoms with van der Waals surface area (Å²) in [6.45, 7) is 0.741. The van der Waals surface area contributed by atoms with Gasteiger partial charge in [0.25, 0.3) is 0 Å². The number of pyridine rings is 1. The third-order valence-electron chi connectivity index (χ3n) is 5.76. The minimum absolute atomic E-state index is 0.189. The molecule has 1 aromatic heterocycles. The Hall–Kier alpha value is -1.94. The van der Waals surface area contributed by atoms with E-state index in [1.54, 1.807) is 6.07 Å². The second-order valence-corrected chi connectivity index (χ2v) is 7.03. The van der Waals surface area contributed by atoms with Gasteiger partial charge in [-0.15, -0.1) is 0 Å². The van der Waals surface area contributed by atoms with Crippen LogP contribution in [0.2, 0.25) is 0 Å². The van der Waals surface area contributed by atoms with Crippen LogP contribution in [0, 0.1) is 11.7 Å². The molecule has 4 rings (SSSR count). The van der Waals surface area contributed by atoms with Crippen molar-refractivity contribution in [3.8, 4) is 0 Å². The van der Waals surface area contributed by atoms with Gasteiger partial charge in [-0.05, 0) is 37.0 Å². The lowest BCUT2D eigenvalue weighted by molar-refractivity contribution is -0.0690. The Morgan fingerprint density at radius 1 is 1.08 bits per heavy atom. The van der Waals surface area contributed by atoms with E-state index in [-0.39, 0.29) is 17.8 Å². The van der Waals surface area contributed by atoms with E-state index < -0.39 is 5.60 Å². The van der Waals surface area contributed by atoms with E-state index in [9.17, 15) is 9.50 Å². The Kier molecular flexibility index (Phi) is 4.01. The predicted molar refractivity (Wildman–Crippen MR) is 92.2 cm³/mol. The van der Waals surface area contributed by atoms with Crippen molar-refractivity contribution >= 4 is 5.82 Å². The number of aliphatic hydroxyl groups is 1. The van der Waals surface area contributed by atoms with E-state index in [2.05, 4.69) is 9.88 Å². The number of hydrogen-bond acceptors (Lipinski definition) is 3. The lowest BCUT2D eigenvalue weighted by Gasteiger charge is -2.53. The average molecular weight is 326 g/mol. The first-order chi connectivity index (χ1) is 11.7. The first-order valence-electron chi connectivity index (χ1n) is 8.84. The van der Waals surface area contributed by atoms with Gasteiger partial charge in [0.05, 0.1) is 11.8 Å². The van der Waals surface area contributed by atoms with Crippen molar-refractivity contribution in [1.29, 1.82) is 0 Å². The van der Waals surface area contributed by atoms with Gasteiger partial charge in [0.1, 0.15) is 11.6 Å². The first kappa shape index (κ1) is 15.6. The molecule has 0 spiro atoms. The third-order valence-corrected chi connectivity index (χ3v) is 5.76. The largest absolute Gasteiger partial charge is 0.385 e. The smallest absolute Gasteiger partial charge is 0.141 e. The molecular formula is C20H23FN2O. The van der Waals surface area contributed by atoms with Gasteiger partial charge in [-0.2, -0.15) is 0 Å². The van der Waals surface area contributed by atoms with Gasteiger partial charge in [-0.25, -0.2) is 9.37 Å². The number of piperidine rings is 1. The summed E-state index contributed by atoms with van der Waals surface area (Å²) in [6, 6.07) is 13.6. The van der Waals surface area contributed by atoms with Crippen molar-refractivity contribution in [2.45, 2.75) is 43.7 Å². The number of benzene rings is 1. The van der Waals surface area contributed by atoms with Crippen molar-refractivity contribution < 1.29 is 9.50 Å². The van der Waals surface area contributed by atoms with Gasteiger partial charge in [0.2, 0.25) is 0 Å². The summed E-state index contributed by atoms with van der Waals surface area (Å²) in [7, 11) is 0. The number of hydrogen-bond donors (Lipinski definition) is 1. The monoisotopic (exact) mass is 326 g/mol. The molecule has 1 aromatic carbocycles. The zero-order chi connectivity index (χ0) is 16.6. The predicted octanol–water partition coefficient (Wildman–Crippen LogP) is 3.88. The van der Waals surface area contributed by atoms with E-state index in [0.717, 1.165) is 37.2 Å². The highest BCUT2D eigenvalue weighted by atomic mass is 19.1. The highest BCUT2D eigenvalue weighted by molar-refractivity contribution is 5.42.